The van der Waals surface area contributed by atoms with E-state index in [1.807, 2.05) is 0 Å². The van der Waals surface area contributed by atoms with Crippen molar-refractivity contribution in [2.24, 2.45) is 0 Å². The van der Waals surface area contributed by atoms with E-state index >= 15 is 0 Å². The highest BCUT2D eigenvalue weighted by molar-refractivity contribution is 5.94. The molecule has 0 aliphatic heterocycles. The molecule has 2 aromatic carbocycles. The van der Waals surface area contributed by atoms with Gasteiger partial charge in [-0.3, -0.25) is 9.89 Å². The Labute approximate surface area is 124 Å². The predicted molar refractivity (Wildman–Crippen MR) is 77.2 cm³/mol. The summed E-state index contributed by atoms with van der Waals surface area (Å²) in [5.41, 5.74) is 0.994. The van der Waals surface area contributed by atoms with Gasteiger partial charge in [-0.15, -0.1) is 0 Å². The second-order valence-corrected chi connectivity index (χ2v) is 4.64. The van der Waals surface area contributed by atoms with Crippen LogP contribution in [-0.2, 0) is 0 Å². The topological polar surface area (TPSA) is 45.8 Å². The van der Waals surface area contributed by atoms with E-state index in [0.29, 0.717) is 10.9 Å². The minimum Gasteiger partial charge on any atom is -0.294 e. The SMILES string of the molecule is CC(=O)c1c(F)cccc1F.Cc1[nH]nc2cccc(F)c12. The van der Waals surface area contributed by atoms with Gasteiger partial charge in [0.25, 0.3) is 0 Å². The van der Waals surface area contributed by atoms with Crippen molar-refractivity contribution in [1.29, 1.82) is 0 Å². The molecule has 0 unspecified atom stereocenters. The van der Waals surface area contributed by atoms with Crippen molar-refractivity contribution < 1.29 is 18.0 Å². The lowest BCUT2D eigenvalue weighted by atomic mass is 10.1. The minimum atomic E-state index is -0.808. The number of H-pyrrole nitrogens is 1. The van der Waals surface area contributed by atoms with Gasteiger partial charge >= 0.3 is 0 Å². The molecule has 0 fully saturated rings. The maximum Gasteiger partial charge on any atom is 0.165 e. The third-order valence-corrected chi connectivity index (χ3v) is 3.03. The fourth-order valence-corrected chi connectivity index (χ4v) is 2.01. The smallest absolute Gasteiger partial charge is 0.165 e. The minimum absolute atomic E-state index is 0.214. The van der Waals surface area contributed by atoms with E-state index in [9.17, 15) is 18.0 Å². The zero-order valence-corrected chi connectivity index (χ0v) is 12.0. The zero-order valence-electron chi connectivity index (χ0n) is 12.0. The van der Waals surface area contributed by atoms with E-state index in [2.05, 4.69) is 10.2 Å². The molecule has 3 rings (SSSR count). The number of ketones is 1. The Kier molecular flexibility index (Phi) is 4.60. The Balaban J connectivity index is 0.000000160. The maximum absolute atomic E-state index is 13.0. The first kappa shape index (κ1) is 15.8. The van der Waals surface area contributed by atoms with E-state index in [-0.39, 0.29) is 5.82 Å². The van der Waals surface area contributed by atoms with Crippen LogP contribution in [-0.4, -0.2) is 16.0 Å². The van der Waals surface area contributed by atoms with Crippen LogP contribution in [0, 0.1) is 24.4 Å². The quantitative estimate of drug-likeness (QED) is 0.686. The van der Waals surface area contributed by atoms with Gasteiger partial charge in [-0.2, -0.15) is 5.10 Å². The molecule has 1 heterocycles. The number of nitrogens with one attached hydrogen (secondary N) is 1. The summed E-state index contributed by atoms with van der Waals surface area (Å²) in [6, 6.07) is 8.20. The second-order valence-electron chi connectivity index (χ2n) is 4.64. The van der Waals surface area contributed by atoms with Crippen molar-refractivity contribution in [2.45, 2.75) is 13.8 Å². The summed E-state index contributed by atoms with van der Waals surface area (Å²) >= 11 is 0. The summed E-state index contributed by atoms with van der Waals surface area (Å²) in [6.45, 7) is 2.93. The lowest BCUT2D eigenvalue weighted by Crippen LogP contribution is -2.00. The highest BCUT2D eigenvalue weighted by atomic mass is 19.1. The molecule has 22 heavy (non-hydrogen) atoms. The summed E-state index contributed by atoms with van der Waals surface area (Å²) < 4.78 is 38.3. The van der Waals surface area contributed by atoms with Gasteiger partial charge in [0.2, 0.25) is 0 Å². The van der Waals surface area contributed by atoms with Gasteiger partial charge in [0.1, 0.15) is 17.5 Å². The Morgan fingerprint density at radius 3 is 2.05 bits per heavy atom. The monoisotopic (exact) mass is 306 g/mol. The van der Waals surface area contributed by atoms with Crippen molar-refractivity contribution in [3.63, 3.8) is 0 Å². The molecule has 0 aliphatic rings. The molecule has 0 aliphatic carbocycles. The molecule has 0 atom stereocenters. The van der Waals surface area contributed by atoms with Crippen LogP contribution < -0.4 is 0 Å². The number of halogens is 3. The first-order chi connectivity index (χ1) is 10.4. The number of carbonyl (C=O) groups is 1. The average Bonchev–Trinajstić information content (AvgIpc) is 2.82. The fourth-order valence-electron chi connectivity index (χ4n) is 2.01. The van der Waals surface area contributed by atoms with E-state index < -0.39 is 23.0 Å². The zero-order chi connectivity index (χ0) is 16.3. The lowest BCUT2D eigenvalue weighted by molar-refractivity contribution is 0.101. The third kappa shape index (κ3) is 3.16. The van der Waals surface area contributed by atoms with Crippen LogP contribution in [0.15, 0.2) is 36.4 Å². The number of hydrogen-bond acceptors (Lipinski definition) is 2. The molecule has 1 N–H and O–H groups in total. The van der Waals surface area contributed by atoms with Crippen LogP contribution in [0.1, 0.15) is 23.0 Å². The Morgan fingerprint density at radius 1 is 1.00 bits per heavy atom. The van der Waals surface area contributed by atoms with Crippen molar-refractivity contribution in [3.05, 3.63) is 65.1 Å². The number of aromatic nitrogens is 2. The first-order valence-electron chi connectivity index (χ1n) is 6.46. The summed E-state index contributed by atoms with van der Waals surface area (Å²) in [4.78, 5) is 10.6. The van der Waals surface area contributed by atoms with E-state index in [1.54, 1.807) is 19.1 Å². The molecule has 3 nitrogen and oxygen atoms in total. The van der Waals surface area contributed by atoms with Gasteiger partial charge in [-0.25, -0.2) is 13.2 Å². The number of fused-ring (bicyclic) bond motifs is 1. The first-order valence-corrected chi connectivity index (χ1v) is 6.46. The number of rotatable bonds is 1. The largest absolute Gasteiger partial charge is 0.294 e. The molecule has 3 aromatic rings. The molecular weight excluding hydrogens is 293 g/mol. The number of benzene rings is 2. The van der Waals surface area contributed by atoms with Gasteiger partial charge in [0.05, 0.1) is 16.5 Å². The standard InChI is InChI=1S/C8H6F2O.C8H7FN2/c1-5(11)8-6(9)3-2-4-7(8)10;1-5-8-6(9)3-2-4-7(8)11-10-5/h2-4H,1H3;2-4H,1H3,(H,10,11). The molecule has 0 radical (unpaired) electrons. The average molecular weight is 306 g/mol. The normalized spacial score (nSPS) is 10.2. The van der Waals surface area contributed by atoms with Gasteiger partial charge in [0.15, 0.2) is 5.78 Å². The van der Waals surface area contributed by atoms with E-state index in [0.717, 1.165) is 24.8 Å². The fraction of sp³-hybridized carbons (Fsp3) is 0.125. The van der Waals surface area contributed by atoms with Crippen molar-refractivity contribution in [2.75, 3.05) is 0 Å². The molecule has 6 heteroatoms. The number of Topliss-reactive ketones (excluding diaryl/α,β-unsaturated/α-hetero) is 1. The van der Waals surface area contributed by atoms with Crippen LogP contribution in [0.4, 0.5) is 13.2 Å². The van der Waals surface area contributed by atoms with Crippen LogP contribution in [0.25, 0.3) is 10.9 Å². The van der Waals surface area contributed by atoms with E-state index in [4.69, 9.17) is 0 Å². The Morgan fingerprint density at radius 2 is 1.55 bits per heavy atom. The second kappa shape index (κ2) is 6.43. The Hall–Kier alpha value is -2.63. The molecule has 0 saturated heterocycles. The molecule has 1 aromatic heterocycles. The van der Waals surface area contributed by atoms with Crippen LogP contribution in [0.2, 0.25) is 0 Å². The number of aryl methyl sites for hydroxylation is 1. The summed E-state index contributed by atoms with van der Waals surface area (Å²) in [5.74, 6) is -2.43. The lowest BCUT2D eigenvalue weighted by Gasteiger charge is -1.97. The number of carbonyl (C=O) groups excluding carboxylic acids is 1. The summed E-state index contributed by atoms with van der Waals surface area (Å²) in [6.07, 6.45) is 0. The van der Waals surface area contributed by atoms with Gasteiger partial charge in [0, 0.05) is 5.69 Å². The highest BCUT2D eigenvalue weighted by Crippen LogP contribution is 2.17. The third-order valence-electron chi connectivity index (χ3n) is 3.03. The van der Waals surface area contributed by atoms with Crippen molar-refractivity contribution in [1.82, 2.24) is 10.2 Å². The maximum atomic E-state index is 13.0. The predicted octanol–water partition coefficient (Wildman–Crippen LogP) is 4.18. The summed E-state index contributed by atoms with van der Waals surface area (Å²) in [7, 11) is 0. The van der Waals surface area contributed by atoms with Crippen molar-refractivity contribution >= 4 is 16.7 Å². The number of hydrogen-bond donors (Lipinski definition) is 1. The van der Waals surface area contributed by atoms with Crippen LogP contribution in [0.3, 0.4) is 0 Å². The van der Waals surface area contributed by atoms with Gasteiger partial charge in [-0.05, 0) is 38.1 Å². The molecule has 0 amide bonds. The molecule has 0 saturated carbocycles. The Bertz CT molecular complexity index is 807. The van der Waals surface area contributed by atoms with Crippen LogP contribution in [0.5, 0.6) is 0 Å². The molecule has 0 spiro atoms. The van der Waals surface area contributed by atoms with E-state index in [1.165, 1.54) is 12.1 Å². The molecule has 0 bridgehead atoms. The molecule has 114 valence electrons. The van der Waals surface area contributed by atoms with Gasteiger partial charge in [-0.1, -0.05) is 12.1 Å². The number of aromatic amines is 1. The number of nitrogens with zero attached hydrogens (tertiary/aromatic N) is 1. The van der Waals surface area contributed by atoms with Crippen LogP contribution >= 0.6 is 0 Å². The summed E-state index contributed by atoms with van der Waals surface area (Å²) in [5, 5.41) is 7.23. The molecular formula is C16H13F3N2O. The highest BCUT2D eigenvalue weighted by Gasteiger charge is 2.11. The van der Waals surface area contributed by atoms with Crippen molar-refractivity contribution in [3.8, 4) is 0 Å². The van der Waals surface area contributed by atoms with Gasteiger partial charge < -0.3 is 0 Å².